The van der Waals surface area contributed by atoms with E-state index >= 15 is 0 Å². The topological polar surface area (TPSA) is 46.2 Å². The zero-order valence-electron chi connectivity index (χ0n) is 8.18. The van der Waals surface area contributed by atoms with Crippen LogP contribution in [0.2, 0.25) is 0 Å². The first-order valence-corrected chi connectivity index (χ1v) is 4.33. The molecular weight excluding hydrogens is 154 g/mol. The highest BCUT2D eigenvalue weighted by atomic mass is 16.2. The first kappa shape index (κ1) is 11.1. The molecule has 1 N–H and O–H groups in total. The maximum Gasteiger partial charge on any atom is 0.229 e. The molecule has 0 aromatic carbocycles. The second-order valence-corrected chi connectivity index (χ2v) is 3.32. The molecule has 70 valence electrons. The summed E-state index contributed by atoms with van der Waals surface area (Å²) in [6.07, 6.45) is 0.761. The van der Waals surface area contributed by atoms with Gasteiger partial charge in [0.15, 0.2) is 0 Å². The van der Waals surface area contributed by atoms with Gasteiger partial charge in [0, 0.05) is 11.8 Å². The number of carbonyl (C=O) groups excluding carboxylic acids is 2. The molecule has 0 aromatic rings. The molecule has 0 radical (unpaired) electrons. The Morgan fingerprint density at radius 3 is 2.00 bits per heavy atom. The Labute approximate surface area is 73.5 Å². The van der Waals surface area contributed by atoms with E-state index in [0.717, 1.165) is 6.42 Å². The van der Waals surface area contributed by atoms with E-state index < -0.39 is 0 Å². The molecule has 0 aliphatic carbocycles. The van der Waals surface area contributed by atoms with Gasteiger partial charge >= 0.3 is 0 Å². The summed E-state index contributed by atoms with van der Waals surface area (Å²) in [6, 6.07) is 0. The first-order valence-electron chi connectivity index (χ1n) is 4.33. The standard InChI is InChI=1S/C9H17NO2/c1-5-7(4)9(12)10-8(11)6(2)3/h6-7H,5H2,1-4H3,(H,10,11,12). The molecule has 3 heteroatoms. The van der Waals surface area contributed by atoms with Crippen molar-refractivity contribution in [2.45, 2.75) is 34.1 Å². The zero-order chi connectivity index (χ0) is 9.72. The maximum absolute atomic E-state index is 11.2. The second kappa shape index (κ2) is 4.91. The molecule has 0 aliphatic heterocycles. The first-order chi connectivity index (χ1) is 5.49. The molecule has 12 heavy (non-hydrogen) atoms. The second-order valence-electron chi connectivity index (χ2n) is 3.32. The molecule has 1 unspecified atom stereocenters. The highest BCUT2D eigenvalue weighted by Gasteiger charge is 2.15. The summed E-state index contributed by atoms with van der Waals surface area (Å²) in [5.74, 6) is -0.567. The maximum atomic E-state index is 11.2. The molecule has 0 rings (SSSR count). The smallest absolute Gasteiger partial charge is 0.229 e. The van der Waals surface area contributed by atoms with Crippen molar-refractivity contribution in [2.24, 2.45) is 11.8 Å². The van der Waals surface area contributed by atoms with Crippen molar-refractivity contribution in [3.05, 3.63) is 0 Å². The molecule has 3 nitrogen and oxygen atoms in total. The predicted octanol–water partition coefficient (Wildman–Crippen LogP) is 1.33. The van der Waals surface area contributed by atoms with Crippen LogP contribution in [-0.4, -0.2) is 11.8 Å². The molecule has 0 bridgehead atoms. The lowest BCUT2D eigenvalue weighted by molar-refractivity contribution is -0.134. The van der Waals surface area contributed by atoms with Gasteiger partial charge in [-0.1, -0.05) is 27.7 Å². The van der Waals surface area contributed by atoms with Gasteiger partial charge in [0.2, 0.25) is 11.8 Å². The van der Waals surface area contributed by atoms with Gasteiger partial charge in [0.25, 0.3) is 0 Å². The number of hydrogen-bond donors (Lipinski definition) is 1. The van der Waals surface area contributed by atoms with Crippen LogP contribution in [0.3, 0.4) is 0 Å². The quantitative estimate of drug-likeness (QED) is 0.696. The molecule has 0 saturated heterocycles. The van der Waals surface area contributed by atoms with Crippen LogP contribution in [0.25, 0.3) is 0 Å². The predicted molar refractivity (Wildman–Crippen MR) is 47.4 cm³/mol. The average Bonchev–Trinajstić information content (AvgIpc) is 2.02. The van der Waals surface area contributed by atoms with Crippen molar-refractivity contribution in [2.75, 3.05) is 0 Å². The summed E-state index contributed by atoms with van der Waals surface area (Å²) in [6.45, 7) is 7.26. The van der Waals surface area contributed by atoms with E-state index in [9.17, 15) is 9.59 Å². The van der Waals surface area contributed by atoms with Crippen LogP contribution in [0, 0.1) is 11.8 Å². The minimum Gasteiger partial charge on any atom is -0.296 e. The molecule has 0 aliphatic rings. The van der Waals surface area contributed by atoms with E-state index in [2.05, 4.69) is 5.32 Å². The van der Waals surface area contributed by atoms with Crippen molar-refractivity contribution < 1.29 is 9.59 Å². The van der Waals surface area contributed by atoms with Crippen LogP contribution < -0.4 is 5.32 Å². The van der Waals surface area contributed by atoms with E-state index in [-0.39, 0.29) is 23.7 Å². The Morgan fingerprint density at radius 2 is 1.67 bits per heavy atom. The average molecular weight is 171 g/mol. The summed E-state index contributed by atoms with van der Waals surface area (Å²) >= 11 is 0. The summed E-state index contributed by atoms with van der Waals surface area (Å²) in [7, 11) is 0. The monoisotopic (exact) mass is 171 g/mol. The van der Waals surface area contributed by atoms with Crippen LogP contribution in [0.15, 0.2) is 0 Å². The third-order valence-electron chi connectivity index (χ3n) is 1.83. The third kappa shape index (κ3) is 3.51. The van der Waals surface area contributed by atoms with Gasteiger partial charge in [-0.25, -0.2) is 0 Å². The van der Waals surface area contributed by atoms with Crippen molar-refractivity contribution >= 4 is 11.8 Å². The highest BCUT2D eigenvalue weighted by molar-refractivity contribution is 5.96. The number of amides is 2. The number of nitrogens with one attached hydrogen (secondary N) is 1. The highest BCUT2D eigenvalue weighted by Crippen LogP contribution is 2.00. The lowest BCUT2D eigenvalue weighted by Crippen LogP contribution is -2.36. The van der Waals surface area contributed by atoms with E-state index in [1.54, 1.807) is 13.8 Å². The van der Waals surface area contributed by atoms with Crippen molar-refractivity contribution in [1.29, 1.82) is 0 Å². The van der Waals surface area contributed by atoms with Crippen LogP contribution in [0.5, 0.6) is 0 Å². The minimum atomic E-state index is -0.194. The Kier molecular flexibility index (Phi) is 4.55. The van der Waals surface area contributed by atoms with Gasteiger partial charge in [0.05, 0.1) is 0 Å². The van der Waals surface area contributed by atoms with E-state index in [4.69, 9.17) is 0 Å². The van der Waals surface area contributed by atoms with Crippen LogP contribution in [-0.2, 0) is 9.59 Å². The largest absolute Gasteiger partial charge is 0.296 e. The fourth-order valence-corrected chi connectivity index (χ4v) is 0.574. The number of hydrogen-bond acceptors (Lipinski definition) is 2. The van der Waals surface area contributed by atoms with Crippen molar-refractivity contribution in [3.8, 4) is 0 Å². The number of carbonyl (C=O) groups is 2. The van der Waals surface area contributed by atoms with Crippen molar-refractivity contribution in [3.63, 3.8) is 0 Å². The molecular formula is C9H17NO2. The SMILES string of the molecule is CCC(C)C(=O)NC(=O)C(C)C. The van der Waals surface area contributed by atoms with Crippen molar-refractivity contribution in [1.82, 2.24) is 5.32 Å². The van der Waals surface area contributed by atoms with Gasteiger partial charge in [-0.15, -0.1) is 0 Å². The van der Waals surface area contributed by atoms with Gasteiger partial charge in [-0.3, -0.25) is 14.9 Å². The molecule has 1 atom stereocenters. The lowest BCUT2D eigenvalue weighted by atomic mass is 10.1. The summed E-state index contributed by atoms with van der Waals surface area (Å²) in [5, 5.41) is 2.35. The molecule has 0 heterocycles. The summed E-state index contributed by atoms with van der Waals surface area (Å²) in [5.41, 5.74) is 0. The normalized spacial score (nSPS) is 12.8. The van der Waals surface area contributed by atoms with Crippen LogP contribution in [0.1, 0.15) is 34.1 Å². The van der Waals surface area contributed by atoms with Crippen LogP contribution >= 0.6 is 0 Å². The summed E-state index contributed by atoms with van der Waals surface area (Å²) in [4.78, 5) is 22.2. The van der Waals surface area contributed by atoms with E-state index in [1.807, 2.05) is 13.8 Å². The fraction of sp³-hybridized carbons (Fsp3) is 0.778. The Balaban J connectivity index is 3.93. The molecule has 2 amide bonds. The number of imide groups is 1. The van der Waals surface area contributed by atoms with Gasteiger partial charge in [-0.05, 0) is 6.42 Å². The molecule has 0 fully saturated rings. The molecule has 0 saturated carbocycles. The zero-order valence-corrected chi connectivity index (χ0v) is 8.18. The lowest BCUT2D eigenvalue weighted by Gasteiger charge is -2.09. The minimum absolute atomic E-state index is 0.0762. The Morgan fingerprint density at radius 1 is 1.17 bits per heavy atom. The molecule has 0 spiro atoms. The third-order valence-corrected chi connectivity index (χ3v) is 1.83. The van der Waals surface area contributed by atoms with Gasteiger partial charge < -0.3 is 0 Å². The summed E-state index contributed by atoms with van der Waals surface area (Å²) < 4.78 is 0. The number of rotatable bonds is 3. The van der Waals surface area contributed by atoms with Gasteiger partial charge in [-0.2, -0.15) is 0 Å². The fourth-order valence-electron chi connectivity index (χ4n) is 0.574. The Bertz CT molecular complexity index is 175. The van der Waals surface area contributed by atoms with Gasteiger partial charge in [0.1, 0.15) is 0 Å². The Hall–Kier alpha value is -0.860. The molecule has 0 aromatic heterocycles. The van der Waals surface area contributed by atoms with E-state index in [1.165, 1.54) is 0 Å². The van der Waals surface area contributed by atoms with Crippen LogP contribution in [0.4, 0.5) is 0 Å². The van der Waals surface area contributed by atoms with E-state index in [0.29, 0.717) is 0 Å².